The summed E-state index contributed by atoms with van der Waals surface area (Å²) in [6.07, 6.45) is 1.69. The molecule has 1 aliphatic rings. The van der Waals surface area contributed by atoms with E-state index in [0.29, 0.717) is 20.9 Å². The van der Waals surface area contributed by atoms with Crippen molar-refractivity contribution in [2.75, 3.05) is 12.8 Å². The zero-order valence-corrected chi connectivity index (χ0v) is 13.7. The minimum absolute atomic E-state index is 0.0553. The molecule has 2 N–H and O–H groups in total. The topological polar surface area (TPSA) is 71.6 Å². The van der Waals surface area contributed by atoms with Crippen molar-refractivity contribution < 1.29 is 4.79 Å². The average Bonchev–Trinajstić information content (AvgIpc) is 3.11. The maximum atomic E-state index is 12.5. The number of likely N-dealkylation sites (N-methyl/N-ethyl adjacent to an activating group) is 1. The number of anilines is 1. The van der Waals surface area contributed by atoms with Gasteiger partial charge in [0.1, 0.15) is 0 Å². The number of carbonyl (C=O) groups excluding carboxylic acids is 1. The van der Waals surface area contributed by atoms with Gasteiger partial charge in [0.25, 0.3) is 5.91 Å². The number of amidine groups is 1. The first-order valence-corrected chi connectivity index (χ1v) is 8.27. The van der Waals surface area contributed by atoms with Gasteiger partial charge in [-0.25, -0.2) is 4.98 Å². The highest BCUT2D eigenvalue weighted by Crippen LogP contribution is 2.37. The minimum Gasteiger partial charge on any atom is -0.399 e. The monoisotopic (exact) mass is 330 g/mol. The predicted octanol–water partition coefficient (Wildman–Crippen LogP) is 3.35. The number of rotatable bonds is 2. The summed E-state index contributed by atoms with van der Waals surface area (Å²) in [5.41, 5.74) is 8.34. The van der Waals surface area contributed by atoms with E-state index in [-0.39, 0.29) is 5.91 Å². The lowest BCUT2D eigenvalue weighted by Crippen LogP contribution is -2.23. The number of aromatic nitrogens is 1. The van der Waals surface area contributed by atoms with Gasteiger partial charge >= 0.3 is 0 Å². The lowest BCUT2D eigenvalue weighted by atomic mass is 10.1. The maximum Gasteiger partial charge on any atom is 0.266 e. The smallest absolute Gasteiger partial charge is 0.266 e. The van der Waals surface area contributed by atoms with Crippen LogP contribution in [0.2, 0.25) is 0 Å². The average molecular weight is 330 g/mol. The van der Waals surface area contributed by atoms with Crippen LogP contribution >= 0.6 is 23.1 Å². The number of amides is 1. The number of nitrogens with two attached hydrogens (primary N) is 1. The van der Waals surface area contributed by atoms with Gasteiger partial charge in [0.15, 0.2) is 5.17 Å². The second-order valence-corrected chi connectivity index (χ2v) is 6.61. The van der Waals surface area contributed by atoms with Crippen LogP contribution in [-0.4, -0.2) is 28.0 Å². The third kappa shape index (κ3) is 2.77. The molecule has 3 rings (SSSR count). The van der Waals surface area contributed by atoms with Crippen molar-refractivity contribution >= 4 is 50.6 Å². The molecular formula is C15H14N4OS2. The highest BCUT2D eigenvalue weighted by Gasteiger charge is 2.32. The lowest BCUT2D eigenvalue weighted by molar-refractivity contribution is -0.121. The van der Waals surface area contributed by atoms with Crippen molar-refractivity contribution in [3.63, 3.8) is 0 Å². The van der Waals surface area contributed by atoms with E-state index < -0.39 is 0 Å². The van der Waals surface area contributed by atoms with Crippen LogP contribution in [-0.2, 0) is 4.79 Å². The van der Waals surface area contributed by atoms with Gasteiger partial charge in [0.2, 0.25) is 5.13 Å². The second-order valence-electron chi connectivity index (χ2n) is 4.75. The molecule has 1 aromatic carbocycles. The largest absolute Gasteiger partial charge is 0.399 e. The fourth-order valence-electron chi connectivity index (χ4n) is 2.03. The molecule has 0 spiro atoms. The Balaban J connectivity index is 1.99. The number of benzene rings is 1. The van der Waals surface area contributed by atoms with Gasteiger partial charge in [-0.15, -0.1) is 11.3 Å². The van der Waals surface area contributed by atoms with Crippen molar-refractivity contribution in [1.29, 1.82) is 0 Å². The Labute approximate surface area is 136 Å². The predicted molar refractivity (Wildman–Crippen MR) is 93.0 cm³/mol. The molecule has 0 aliphatic carbocycles. The van der Waals surface area contributed by atoms with Gasteiger partial charge in [0.05, 0.1) is 4.91 Å². The van der Waals surface area contributed by atoms with Crippen molar-refractivity contribution in [2.45, 2.75) is 6.92 Å². The molecule has 1 aromatic heterocycles. The molecule has 0 saturated carbocycles. The molecule has 0 radical (unpaired) electrons. The number of aliphatic imine (C=N–C) groups is 1. The van der Waals surface area contributed by atoms with E-state index in [4.69, 9.17) is 5.73 Å². The molecule has 0 atom stereocenters. The SMILES string of the molecule is C/C(=C1/S/C(=N/c2nccs2)N(C)C1=O)c1cccc(N)c1. The summed E-state index contributed by atoms with van der Waals surface area (Å²) in [5.74, 6) is -0.0553. The summed E-state index contributed by atoms with van der Waals surface area (Å²) < 4.78 is 0. The molecule has 2 heterocycles. The van der Waals surface area contributed by atoms with Crippen LogP contribution in [0.4, 0.5) is 10.8 Å². The molecule has 22 heavy (non-hydrogen) atoms. The van der Waals surface area contributed by atoms with Crippen LogP contribution < -0.4 is 5.73 Å². The van der Waals surface area contributed by atoms with Crippen LogP contribution in [0.3, 0.4) is 0 Å². The van der Waals surface area contributed by atoms with Crippen LogP contribution in [0.15, 0.2) is 45.7 Å². The Morgan fingerprint density at radius 2 is 2.23 bits per heavy atom. The number of hydrogen-bond acceptors (Lipinski definition) is 6. The Kier molecular flexibility index (Phi) is 4.00. The number of nitrogens with zero attached hydrogens (tertiary/aromatic N) is 3. The Bertz CT molecular complexity index is 781. The summed E-state index contributed by atoms with van der Waals surface area (Å²) in [6, 6.07) is 7.52. The van der Waals surface area contributed by atoms with Crippen LogP contribution in [0.5, 0.6) is 0 Å². The molecule has 0 unspecified atom stereocenters. The summed E-state index contributed by atoms with van der Waals surface area (Å²) in [6.45, 7) is 1.93. The molecule has 112 valence electrons. The first-order valence-electron chi connectivity index (χ1n) is 6.57. The number of thioether (sulfide) groups is 1. The highest BCUT2D eigenvalue weighted by atomic mass is 32.2. The lowest BCUT2D eigenvalue weighted by Gasteiger charge is -2.07. The van der Waals surface area contributed by atoms with Gasteiger partial charge in [-0.2, -0.15) is 4.99 Å². The van der Waals surface area contributed by atoms with E-state index in [9.17, 15) is 4.79 Å². The molecule has 0 bridgehead atoms. The fourth-order valence-corrected chi connectivity index (χ4v) is 3.63. The second kappa shape index (κ2) is 5.94. The van der Waals surface area contributed by atoms with Crippen molar-refractivity contribution in [3.05, 3.63) is 46.3 Å². The first-order chi connectivity index (χ1) is 10.6. The highest BCUT2D eigenvalue weighted by molar-refractivity contribution is 8.18. The number of hydrogen-bond donors (Lipinski definition) is 1. The summed E-state index contributed by atoms with van der Waals surface area (Å²) in [7, 11) is 1.72. The fraction of sp³-hybridized carbons (Fsp3) is 0.133. The van der Waals surface area contributed by atoms with E-state index in [2.05, 4.69) is 9.98 Å². The van der Waals surface area contributed by atoms with Gasteiger partial charge in [-0.05, 0) is 42.0 Å². The molecule has 1 saturated heterocycles. The normalized spacial score (nSPS) is 19.1. The van der Waals surface area contributed by atoms with E-state index in [1.807, 2.05) is 36.6 Å². The molecular weight excluding hydrogens is 316 g/mol. The van der Waals surface area contributed by atoms with Crippen LogP contribution in [0, 0.1) is 0 Å². The van der Waals surface area contributed by atoms with Gasteiger partial charge in [-0.3, -0.25) is 9.69 Å². The molecule has 1 aliphatic heterocycles. The van der Waals surface area contributed by atoms with Gasteiger partial charge < -0.3 is 5.73 Å². The molecule has 2 aromatic rings. The molecule has 5 nitrogen and oxygen atoms in total. The van der Waals surface area contributed by atoms with Gasteiger partial charge in [-0.1, -0.05) is 12.1 Å². The molecule has 1 fully saturated rings. The van der Waals surface area contributed by atoms with Crippen molar-refractivity contribution in [2.24, 2.45) is 4.99 Å². The number of carbonyl (C=O) groups is 1. The van der Waals surface area contributed by atoms with Gasteiger partial charge in [0, 0.05) is 24.3 Å². The third-order valence-electron chi connectivity index (χ3n) is 3.25. The van der Waals surface area contributed by atoms with E-state index >= 15 is 0 Å². The third-order valence-corrected chi connectivity index (χ3v) is 5.15. The Morgan fingerprint density at radius 1 is 1.41 bits per heavy atom. The first kappa shape index (κ1) is 14.8. The Morgan fingerprint density at radius 3 is 2.91 bits per heavy atom. The summed E-state index contributed by atoms with van der Waals surface area (Å²) in [4.78, 5) is 23.2. The van der Waals surface area contributed by atoms with Crippen LogP contribution in [0.25, 0.3) is 5.57 Å². The minimum atomic E-state index is -0.0553. The Hall–Kier alpha value is -2.12. The maximum absolute atomic E-state index is 12.5. The van der Waals surface area contributed by atoms with Crippen molar-refractivity contribution in [3.8, 4) is 0 Å². The summed E-state index contributed by atoms with van der Waals surface area (Å²) >= 11 is 2.80. The standard InChI is InChI=1S/C15H14N4OS2/c1-9(10-4-3-5-11(16)8-10)12-13(20)19(2)15(22-12)18-14-17-6-7-21-14/h3-8H,16H2,1-2H3/b12-9-,18-15+. The zero-order valence-electron chi connectivity index (χ0n) is 12.1. The number of thiazole rings is 1. The summed E-state index contributed by atoms with van der Waals surface area (Å²) in [5, 5.41) is 3.14. The number of allylic oxidation sites excluding steroid dienone is 1. The zero-order chi connectivity index (χ0) is 15.7. The van der Waals surface area contributed by atoms with E-state index in [1.165, 1.54) is 23.1 Å². The van der Waals surface area contributed by atoms with Crippen LogP contribution in [0.1, 0.15) is 12.5 Å². The number of nitrogen functional groups attached to an aromatic ring is 1. The van der Waals surface area contributed by atoms with E-state index in [1.54, 1.807) is 18.1 Å². The molecule has 7 heteroatoms. The molecule has 1 amide bonds. The quantitative estimate of drug-likeness (QED) is 0.677. The van der Waals surface area contributed by atoms with Crippen molar-refractivity contribution in [1.82, 2.24) is 9.88 Å². The van der Waals surface area contributed by atoms with E-state index in [0.717, 1.165) is 11.1 Å².